The van der Waals surface area contributed by atoms with Crippen molar-refractivity contribution in [3.8, 4) is 0 Å². The molecule has 1 unspecified atom stereocenters. The number of halogens is 1. The van der Waals surface area contributed by atoms with E-state index in [0.717, 1.165) is 26.1 Å². The number of rotatable bonds is 5. The van der Waals surface area contributed by atoms with Crippen LogP contribution in [0.4, 0.5) is 16.0 Å². The SMILES string of the molecule is CNCC1CCN(c2ncc(C(=O)Nc3cc(F)c4nc(C)cn4c3)cn2)C1. The van der Waals surface area contributed by atoms with Gasteiger partial charge in [-0.05, 0) is 32.9 Å². The van der Waals surface area contributed by atoms with E-state index < -0.39 is 11.7 Å². The molecule has 28 heavy (non-hydrogen) atoms. The largest absolute Gasteiger partial charge is 0.340 e. The number of nitrogens with one attached hydrogen (secondary N) is 2. The lowest BCUT2D eigenvalue weighted by Gasteiger charge is -2.16. The molecule has 4 rings (SSSR count). The third-order valence-corrected chi connectivity index (χ3v) is 4.85. The normalized spacial score (nSPS) is 16.7. The molecule has 1 saturated heterocycles. The van der Waals surface area contributed by atoms with E-state index in [1.165, 1.54) is 18.5 Å². The molecule has 0 bridgehead atoms. The van der Waals surface area contributed by atoms with E-state index in [1.807, 2.05) is 7.05 Å². The molecule has 2 N–H and O–H groups in total. The Morgan fingerprint density at radius 3 is 2.86 bits per heavy atom. The van der Waals surface area contributed by atoms with Crippen LogP contribution in [-0.2, 0) is 0 Å². The molecule has 146 valence electrons. The average molecular weight is 383 g/mol. The molecule has 8 nitrogen and oxygen atoms in total. The van der Waals surface area contributed by atoms with Gasteiger partial charge in [0, 0.05) is 43.9 Å². The third kappa shape index (κ3) is 3.65. The number of pyridine rings is 1. The highest BCUT2D eigenvalue weighted by atomic mass is 19.1. The summed E-state index contributed by atoms with van der Waals surface area (Å²) < 4.78 is 15.7. The molecule has 0 aliphatic carbocycles. The van der Waals surface area contributed by atoms with Crippen LogP contribution in [0.25, 0.3) is 5.65 Å². The van der Waals surface area contributed by atoms with Gasteiger partial charge in [0.05, 0.1) is 16.9 Å². The van der Waals surface area contributed by atoms with Gasteiger partial charge >= 0.3 is 0 Å². The number of carbonyl (C=O) groups is 1. The highest BCUT2D eigenvalue weighted by Gasteiger charge is 2.24. The van der Waals surface area contributed by atoms with Crippen LogP contribution >= 0.6 is 0 Å². The molecule has 0 radical (unpaired) electrons. The maximum atomic E-state index is 14.2. The van der Waals surface area contributed by atoms with Crippen molar-refractivity contribution in [2.75, 3.05) is 36.9 Å². The lowest BCUT2D eigenvalue weighted by atomic mass is 10.1. The van der Waals surface area contributed by atoms with Crippen molar-refractivity contribution < 1.29 is 9.18 Å². The zero-order chi connectivity index (χ0) is 19.7. The van der Waals surface area contributed by atoms with E-state index in [1.54, 1.807) is 23.7 Å². The molecule has 1 fully saturated rings. The molecule has 9 heteroatoms. The molecule has 0 aromatic carbocycles. The van der Waals surface area contributed by atoms with Crippen molar-refractivity contribution in [3.63, 3.8) is 0 Å². The van der Waals surface area contributed by atoms with Gasteiger partial charge in [0.15, 0.2) is 11.5 Å². The van der Waals surface area contributed by atoms with Crippen molar-refractivity contribution in [1.29, 1.82) is 0 Å². The summed E-state index contributed by atoms with van der Waals surface area (Å²) in [5.41, 5.74) is 1.58. The van der Waals surface area contributed by atoms with Crippen molar-refractivity contribution in [2.24, 2.45) is 5.92 Å². The summed E-state index contributed by atoms with van der Waals surface area (Å²) in [4.78, 5) is 27.4. The lowest BCUT2D eigenvalue weighted by molar-refractivity contribution is 0.102. The molecule has 3 aromatic rings. The number of hydrogen-bond acceptors (Lipinski definition) is 6. The second-order valence-electron chi connectivity index (χ2n) is 7.07. The molecular formula is C19H22FN7O. The fourth-order valence-corrected chi connectivity index (χ4v) is 3.52. The topological polar surface area (TPSA) is 87.5 Å². The van der Waals surface area contributed by atoms with Crippen LogP contribution in [0.15, 0.2) is 30.9 Å². The Hall–Kier alpha value is -3.07. The molecule has 3 aromatic heterocycles. The number of carbonyl (C=O) groups excluding carboxylic acids is 1. The van der Waals surface area contributed by atoms with Gasteiger partial charge in [0.1, 0.15) is 0 Å². The maximum Gasteiger partial charge on any atom is 0.258 e. The van der Waals surface area contributed by atoms with Gasteiger partial charge in [-0.2, -0.15) is 0 Å². The highest BCUT2D eigenvalue weighted by molar-refractivity contribution is 6.03. The van der Waals surface area contributed by atoms with E-state index >= 15 is 0 Å². The number of aromatic nitrogens is 4. The minimum atomic E-state index is -0.498. The van der Waals surface area contributed by atoms with Crippen LogP contribution in [0, 0.1) is 18.7 Å². The summed E-state index contributed by atoms with van der Waals surface area (Å²) in [7, 11) is 1.95. The van der Waals surface area contributed by atoms with Crippen molar-refractivity contribution >= 4 is 23.2 Å². The van der Waals surface area contributed by atoms with E-state index in [-0.39, 0.29) is 5.65 Å². The van der Waals surface area contributed by atoms with Crippen LogP contribution < -0.4 is 15.5 Å². The zero-order valence-corrected chi connectivity index (χ0v) is 15.8. The van der Waals surface area contributed by atoms with Crippen molar-refractivity contribution in [2.45, 2.75) is 13.3 Å². The summed E-state index contributed by atoms with van der Waals surface area (Å²) in [5, 5.41) is 5.88. The molecule has 1 aliphatic heterocycles. The van der Waals surface area contributed by atoms with E-state index in [0.29, 0.717) is 28.8 Å². The second-order valence-corrected chi connectivity index (χ2v) is 7.07. The Labute approximate surface area is 161 Å². The monoisotopic (exact) mass is 383 g/mol. The van der Waals surface area contributed by atoms with Crippen LogP contribution in [0.5, 0.6) is 0 Å². The van der Waals surface area contributed by atoms with Crippen LogP contribution in [0.2, 0.25) is 0 Å². The average Bonchev–Trinajstić information content (AvgIpc) is 3.28. The fraction of sp³-hybridized carbons (Fsp3) is 0.368. The Morgan fingerprint density at radius 2 is 2.11 bits per heavy atom. The van der Waals surface area contributed by atoms with Gasteiger partial charge in [0.25, 0.3) is 5.91 Å². The highest BCUT2D eigenvalue weighted by Crippen LogP contribution is 2.20. The van der Waals surface area contributed by atoms with E-state index in [9.17, 15) is 9.18 Å². The molecule has 1 amide bonds. The summed E-state index contributed by atoms with van der Waals surface area (Å²) in [5.74, 6) is 0.309. The van der Waals surface area contributed by atoms with Gasteiger partial charge in [-0.25, -0.2) is 19.3 Å². The van der Waals surface area contributed by atoms with Crippen molar-refractivity contribution in [1.82, 2.24) is 24.7 Å². The fourth-order valence-electron chi connectivity index (χ4n) is 3.52. The Balaban J connectivity index is 1.45. The van der Waals surface area contributed by atoms with E-state index in [2.05, 4.69) is 30.5 Å². The number of nitrogens with zero attached hydrogens (tertiary/aromatic N) is 5. The molecule has 1 aliphatic rings. The van der Waals surface area contributed by atoms with Gasteiger partial charge in [-0.1, -0.05) is 0 Å². The first-order valence-electron chi connectivity index (χ1n) is 9.21. The third-order valence-electron chi connectivity index (χ3n) is 4.85. The summed E-state index contributed by atoms with van der Waals surface area (Å²) in [6.45, 7) is 4.55. The van der Waals surface area contributed by atoms with Crippen molar-refractivity contribution in [3.05, 3.63) is 47.9 Å². The first-order chi connectivity index (χ1) is 13.5. The summed E-state index contributed by atoms with van der Waals surface area (Å²) in [6, 6.07) is 1.25. The maximum absolute atomic E-state index is 14.2. The van der Waals surface area contributed by atoms with Crippen LogP contribution in [-0.4, -0.2) is 51.9 Å². The van der Waals surface area contributed by atoms with Gasteiger partial charge in [-0.3, -0.25) is 4.79 Å². The number of fused-ring (bicyclic) bond motifs is 1. The minimum absolute atomic E-state index is 0.227. The minimum Gasteiger partial charge on any atom is -0.340 e. The van der Waals surface area contributed by atoms with Crippen LogP contribution in [0.1, 0.15) is 22.5 Å². The number of amides is 1. The number of aryl methyl sites for hydroxylation is 1. The molecular weight excluding hydrogens is 361 g/mol. The Kier molecular flexibility index (Phi) is 4.91. The molecule has 0 saturated carbocycles. The Bertz CT molecular complexity index is 1000. The smallest absolute Gasteiger partial charge is 0.258 e. The predicted octanol–water partition coefficient (Wildman–Crippen LogP) is 1.87. The number of hydrogen-bond donors (Lipinski definition) is 2. The second kappa shape index (κ2) is 7.51. The van der Waals surface area contributed by atoms with Gasteiger partial charge in [0.2, 0.25) is 5.95 Å². The van der Waals surface area contributed by atoms with Gasteiger partial charge in [-0.15, -0.1) is 0 Å². The number of imidazole rings is 1. The lowest BCUT2D eigenvalue weighted by Crippen LogP contribution is -2.25. The molecule has 0 spiro atoms. The Morgan fingerprint density at radius 1 is 1.32 bits per heavy atom. The zero-order valence-electron chi connectivity index (χ0n) is 15.8. The van der Waals surface area contributed by atoms with E-state index in [4.69, 9.17) is 0 Å². The predicted molar refractivity (Wildman–Crippen MR) is 104 cm³/mol. The van der Waals surface area contributed by atoms with Gasteiger partial charge < -0.3 is 19.9 Å². The molecule has 1 atom stereocenters. The standard InChI is InChI=1S/C19H22FN7O/c1-12-9-27-11-15(5-16(20)17(27)24-12)25-18(28)14-7-22-19(23-8-14)26-4-3-13(10-26)6-21-2/h5,7-9,11,13,21H,3-4,6,10H2,1-2H3,(H,25,28). The molecule has 4 heterocycles. The summed E-state index contributed by atoms with van der Waals surface area (Å²) in [6.07, 6.45) is 7.41. The first kappa shape index (κ1) is 18.3. The summed E-state index contributed by atoms with van der Waals surface area (Å²) >= 11 is 0. The number of anilines is 2. The first-order valence-corrected chi connectivity index (χ1v) is 9.21. The quantitative estimate of drug-likeness (QED) is 0.699. The van der Waals surface area contributed by atoms with Crippen LogP contribution in [0.3, 0.4) is 0 Å².